The third-order valence-corrected chi connectivity index (χ3v) is 3.25. The van der Waals surface area contributed by atoms with E-state index in [0.717, 1.165) is 22.4 Å². The lowest BCUT2D eigenvalue weighted by Crippen LogP contribution is -2.02. The van der Waals surface area contributed by atoms with Gasteiger partial charge in [-0.25, -0.2) is 4.98 Å². The van der Waals surface area contributed by atoms with E-state index in [1.54, 1.807) is 6.20 Å². The molecule has 0 saturated carbocycles. The molecule has 0 saturated heterocycles. The highest BCUT2D eigenvalue weighted by Crippen LogP contribution is 2.27. The van der Waals surface area contributed by atoms with Crippen LogP contribution in [-0.2, 0) is 0 Å². The molecule has 3 aromatic rings. The van der Waals surface area contributed by atoms with Crippen LogP contribution in [0.25, 0.3) is 16.6 Å². The second kappa shape index (κ2) is 4.14. The van der Waals surface area contributed by atoms with Crippen LogP contribution in [0.5, 0.6) is 0 Å². The van der Waals surface area contributed by atoms with Gasteiger partial charge in [-0.2, -0.15) is 5.10 Å². The number of halogens is 1. The van der Waals surface area contributed by atoms with Crippen LogP contribution in [0.3, 0.4) is 0 Å². The maximum absolute atomic E-state index is 6.25. The standard InChI is InChI=1S/C13H13ClN4/c1-8(2)13-15-3-4-18(13)10-5-9-7-16-17-12(9)11(14)6-10/h3-8H,1-2H3,(H,16,17). The van der Waals surface area contributed by atoms with Gasteiger partial charge in [-0.05, 0) is 12.1 Å². The highest BCUT2D eigenvalue weighted by molar-refractivity contribution is 6.35. The van der Waals surface area contributed by atoms with E-state index >= 15 is 0 Å². The number of imidazole rings is 1. The number of H-pyrrole nitrogens is 1. The van der Waals surface area contributed by atoms with Gasteiger partial charge in [-0.1, -0.05) is 25.4 Å². The Balaban J connectivity index is 2.22. The van der Waals surface area contributed by atoms with Crippen LogP contribution in [0.1, 0.15) is 25.6 Å². The first-order chi connectivity index (χ1) is 8.66. The van der Waals surface area contributed by atoms with Crippen molar-refractivity contribution in [3.8, 4) is 5.69 Å². The molecule has 2 aromatic heterocycles. The number of nitrogens with one attached hydrogen (secondary N) is 1. The Morgan fingerprint density at radius 3 is 2.94 bits per heavy atom. The minimum Gasteiger partial charge on any atom is -0.303 e. The van der Waals surface area contributed by atoms with Crippen LogP contribution in [0.4, 0.5) is 0 Å². The van der Waals surface area contributed by atoms with E-state index in [-0.39, 0.29) is 0 Å². The molecule has 0 aliphatic carbocycles. The molecule has 0 unspecified atom stereocenters. The summed E-state index contributed by atoms with van der Waals surface area (Å²) < 4.78 is 2.06. The van der Waals surface area contributed by atoms with Gasteiger partial charge >= 0.3 is 0 Å². The van der Waals surface area contributed by atoms with Crippen LogP contribution in [0.15, 0.2) is 30.7 Å². The number of benzene rings is 1. The predicted octanol–water partition coefficient (Wildman–Crippen LogP) is 3.53. The van der Waals surface area contributed by atoms with Gasteiger partial charge in [-0.15, -0.1) is 0 Å². The third-order valence-electron chi connectivity index (χ3n) is 2.95. The molecule has 0 aliphatic rings. The first-order valence-electron chi connectivity index (χ1n) is 5.83. The van der Waals surface area contributed by atoms with Gasteiger partial charge in [0, 0.05) is 29.4 Å². The number of aromatic amines is 1. The van der Waals surface area contributed by atoms with Gasteiger partial charge in [0.1, 0.15) is 5.82 Å². The first kappa shape index (κ1) is 11.3. The average molecular weight is 261 g/mol. The van der Waals surface area contributed by atoms with Gasteiger partial charge < -0.3 is 4.57 Å². The highest BCUT2D eigenvalue weighted by Gasteiger charge is 2.11. The zero-order chi connectivity index (χ0) is 12.7. The number of rotatable bonds is 2. The summed E-state index contributed by atoms with van der Waals surface area (Å²) in [6.45, 7) is 4.24. The zero-order valence-electron chi connectivity index (χ0n) is 10.2. The second-order valence-electron chi connectivity index (χ2n) is 4.57. The van der Waals surface area contributed by atoms with Gasteiger partial charge in [0.2, 0.25) is 0 Å². The molecule has 1 aromatic carbocycles. The van der Waals surface area contributed by atoms with Crippen molar-refractivity contribution in [1.82, 2.24) is 19.7 Å². The molecule has 18 heavy (non-hydrogen) atoms. The minimum absolute atomic E-state index is 0.360. The van der Waals surface area contributed by atoms with Crippen molar-refractivity contribution in [3.63, 3.8) is 0 Å². The fraction of sp³-hybridized carbons (Fsp3) is 0.231. The van der Waals surface area contributed by atoms with Crippen molar-refractivity contribution < 1.29 is 0 Å². The summed E-state index contributed by atoms with van der Waals surface area (Å²) in [6, 6.07) is 3.98. The summed E-state index contributed by atoms with van der Waals surface area (Å²) in [6.07, 6.45) is 5.53. The largest absolute Gasteiger partial charge is 0.303 e. The normalized spacial score (nSPS) is 11.6. The summed E-state index contributed by atoms with van der Waals surface area (Å²) >= 11 is 6.25. The minimum atomic E-state index is 0.360. The van der Waals surface area contributed by atoms with Gasteiger partial charge in [-0.3, -0.25) is 5.10 Å². The molecule has 92 valence electrons. The van der Waals surface area contributed by atoms with Gasteiger partial charge in [0.25, 0.3) is 0 Å². The maximum Gasteiger partial charge on any atom is 0.115 e. The Labute approximate surface area is 110 Å². The number of hydrogen-bond acceptors (Lipinski definition) is 2. The lowest BCUT2D eigenvalue weighted by atomic mass is 10.2. The Bertz CT molecular complexity index is 696. The van der Waals surface area contributed by atoms with Crippen LogP contribution in [-0.4, -0.2) is 19.7 Å². The summed E-state index contributed by atoms with van der Waals surface area (Å²) in [4.78, 5) is 4.39. The van der Waals surface area contributed by atoms with Crippen LogP contribution < -0.4 is 0 Å². The Morgan fingerprint density at radius 2 is 2.17 bits per heavy atom. The molecule has 0 atom stereocenters. The smallest absolute Gasteiger partial charge is 0.115 e. The van der Waals surface area contributed by atoms with Crippen molar-refractivity contribution in [2.75, 3.05) is 0 Å². The van der Waals surface area contributed by atoms with E-state index in [1.165, 1.54) is 0 Å². The monoisotopic (exact) mass is 260 g/mol. The van der Waals surface area contributed by atoms with Crippen molar-refractivity contribution in [1.29, 1.82) is 0 Å². The maximum atomic E-state index is 6.25. The predicted molar refractivity (Wildman–Crippen MR) is 72.3 cm³/mol. The van der Waals surface area contributed by atoms with Gasteiger partial charge in [0.05, 0.1) is 16.7 Å². The molecular weight excluding hydrogens is 248 g/mol. The Kier molecular flexibility index (Phi) is 2.59. The topological polar surface area (TPSA) is 46.5 Å². The van der Waals surface area contributed by atoms with E-state index in [2.05, 4.69) is 39.7 Å². The summed E-state index contributed by atoms with van der Waals surface area (Å²) in [5.74, 6) is 1.38. The van der Waals surface area contributed by atoms with Crippen LogP contribution >= 0.6 is 11.6 Å². The summed E-state index contributed by atoms with van der Waals surface area (Å²) in [7, 11) is 0. The summed E-state index contributed by atoms with van der Waals surface area (Å²) in [5.41, 5.74) is 1.88. The molecule has 5 heteroatoms. The fourth-order valence-electron chi connectivity index (χ4n) is 2.10. The number of aromatic nitrogens is 4. The molecule has 0 spiro atoms. The van der Waals surface area contributed by atoms with Crippen molar-refractivity contribution in [2.24, 2.45) is 0 Å². The molecule has 0 amide bonds. The van der Waals surface area contributed by atoms with E-state index in [4.69, 9.17) is 11.6 Å². The third kappa shape index (κ3) is 1.69. The highest BCUT2D eigenvalue weighted by atomic mass is 35.5. The lowest BCUT2D eigenvalue weighted by molar-refractivity contribution is 0.752. The molecule has 0 bridgehead atoms. The Morgan fingerprint density at radius 1 is 1.33 bits per heavy atom. The van der Waals surface area contributed by atoms with E-state index in [0.29, 0.717) is 10.9 Å². The van der Waals surface area contributed by atoms with Crippen LogP contribution in [0, 0.1) is 0 Å². The second-order valence-corrected chi connectivity index (χ2v) is 4.98. The van der Waals surface area contributed by atoms with Crippen LogP contribution in [0.2, 0.25) is 5.02 Å². The van der Waals surface area contributed by atoms with E-state index in [9.17, 15) is 0 Å². The SMILES string of the molecule is CC(C)c1nccn1-c1cc(Cl)c2[nH]ncc2c1. The number of hydrogen-bond donors (Lipinski definition) is 1. The quantitative estimate of drug-likeness (QED) is 0.766. The molecular formula is C13H13ClN4. The van der Waals surface area contributed by atoms with Crippen molar-refractivity contribution >= 4 is 22.5 Å². The molecule has 0 fully saturated rings. The summed E-state index contributed by atoms with van der Waals surface area (Å²) in [5, 5.41) is 8.57. The van der Waals surface area contributed by atoms with E-state index in [1.807, 2.05) is 18.5 Å². The molecule has 0 aliphatic heterocycles. The molecule has 1 N–H and O–H groups in total. The first-order valence-corrected chi connectivity index (χ1v) is 6.21. The number of nitrogens with zero attached hydrogens (tertiary/aromatic N) is 3. The zero-order valence-corrected chi connectivity index (χ0v) is 10.9. The Hall–Kier alpha value is -1.81. The molecule has 0 radical (unpaired) electrons. The van der Waals surface area contributed by atoms with Gasteiger partial charge in [0.15, 0.2) is 0 Å². The molecule has 4 nitrogen and oxygen atoms in total. The van der Waals surface area contributed by atoms with Crippen molar-refractivity contribution in [3.05, 3.63) is 41.6 Å². The molecule has 3 rings (SSSR count). The number of fused-ring (bicyclic) bond motifs is 1. The van der Waals surface area contributed by atoms with Crippen molar-refractivity contribution in [2.45, 2.75) is 19.8 Å². The fourth-order valence-corrected chi connectivity index (χ4v) is 2.36. The van der Waals surface area contributed by atoms with E-state index < -0.39 is 0 Å². The lowest BCUT2D eigenvalue weighted by Gasteiger charge is -2.11. The molecule has 2 heterocycles. The average Bonchev–Trinajstić information content (AvgIpc) is 2.97.